The third kappa shape index (κ3) is 2.19. The molecule has 0 amide bonds. The fraction of sp³-hybridized carbons (Fsp3) is 1.00. The molecule has 0 spiro atoms. The molecule has 66 valence electrons. The van der Waals surface area contributed by atoms with E-state index in [1.54, 1.807) is 0 Å². The molecule has 0 bridgehead atoms. The predicted octanol–water partition coefficient (Wildman–Crippen LogP) is 2.69. The van der Waals surface area contributed by atoms with Gasteiger partial charge in [-0.05, 0) is 32.1 Å². The second-order valence-electron chi connectivity index (χ2n) is 4.19. The van der Waals surface area contributed by atoms with Crippen molar-refractivity contribution in [1.82, 2.24) is 0 Å². The molecule has 1 rings (SSSR count). The molecule has 11 heavy (non-hydrogen) atoms. The van der Waals surface area contributed by atoms with Gasteiger partial charge in [-0.2, -0.15) is 0 Å². The predicted molar refractivity (Wildman–Crippen MR) is 49.5 cm³/mol. The molecular weight excluding hydrogens is 134 g/mol. The molecule has 1 fully saturated rings. The molecule has 1 unspecified atom stereocenters. The summed E-state index contributed by atoms with van der Waals surface area (Å²) in [5, 5.41) is 0. The van der Waals surface area contributed by atoms with E-state index in [2.05, 4.69) is 13.8 Å². The molecule has 0 aliphatic heterocycles. The molecule has 2 N–H and O–H groups in total. The highest BCUT2D eigenvalue weighted by Crippen LogP contribution is 2.32. The molecule has 0 radical (unpaired) electrons. The minimum absolute atomic E-state index is 0.112. The lowest BCUT2D eigenvalue weighted by atomic mass is 9.75. The topological polar surface area (TPSA) is 26.0 Å². The molecular formula is C10H21N. The van der Waals surface area contributed by atoms with Gasteiger partial charge in [0, 0.05) is 5.54 Å². The third-order valence-electron chi connectivity index (χ3n) is 3.30. The first-order valence-corrected chi connectivity index (χ1v) is 4.95. The Morgan fingerprint density at radius 1 is 1.27 bits per heavy atom. The van der Waals surface area contributed by atoms with Gasteiger partial charge in [-0.15, -0.1) is 0 Å². The van der Waals surface area contributed by atoms with Gasteiger partial charge in [0.15, 0.2) is 0 Å². The quantitative estimate of drug-likeness (QED) is 0.652. The first-order valence-electron chi connectivity index (χ1n) is 4.95. The molecule has 1 heteroatoms. The molecule has 1 atom stereocenters. The first kappa shape index (κ1) is 9.05. The summed E-state index contributed by atoms with van der Waals surface area (Å²) in [7, 11) is 0. The SMILES string of the molecule is CCC(C)(N)C1CCCCC1. The summed E-state index contributed by atoms with van der Waals surface area (Å²) < 4.78 is 0. The van der Waals surface area contributed by atoms with Gasteiger partial charge >= 0.3 is 0 Å². The van der Waals surface area contributed by atoms with Crippen molar-refractivity contribution in [1.29, 1.82) is 0 Å². The first-order chi connectivity index (χ1) is 5.17. The molecule has 1 aliphatic rings. The Bertz CT molecular complexity index is 112. The lowest BCUT2D eigenvalue weighted by Gasteiger charge is -2.36. The summed E-state index contributed by atoms with van der Waals surface area (Å²) in [6, 6.07) is 0. The minimum atomic E-state index is 0.112. The van der Waals surface area contributed by atoms with Crippen molar-refractivity contribution >= 4 is 0 Å². The van der Waals surface area contributed by atoms with E-state index < -0.39 is 0 Å². The van der Waals surface area contributed by atoms with Gasteiger partial charge in [0.25, 0.3) is 0 Å². The van der Waals surface area contributed by atoms with Crippen LogP contribution in [-0.2, 0) is 0 Å². The molecule has 1 saturated carbocycles. The summed E-state index contributed by atoms with van der Waals surface area (Å²) in [6.45, 7) is 4.41. The molecule has 0 aromatic heterocycles. The summed E-state index contributed by atoms with van der Waals surface area (Å²) in [5.41, 5.74) is 6.30. The van der Waals surface area contributed by atoms with Crippen molar-refractivity contribution < 1.29 is 0 Å². The summed E-state index contributed by atoms with van der Waals surface area (Å²) in [4.78, 5) is 0. The Kier molecular flexibility index (Phi) is 2.94. The van der Waals surface area contributed by atoms with E-state index in [1.165, 1.54) is 32.1 Å². The number of rotatable bonds is 2. The second-order valence-corrected chi connectivity index (χ2v) is 4.19. The summed E-state index contributed by atoms with van der Waals surface area (Å²) in [6.07, 6.45) is 8.07. The van der Waals surface area contributed by atoms with Gasteiger partial charge in [-0.3, -0.25) is 0 Å². The van der Waals surface area contributed by atoms with Crippen molar-refractivity contribution in [3.8, 4) is 0 Å². The zero-order valence-corrected chi connectivity index (χ0v) is 7.90. The minimum Gasteiger partial charge on any atom is -0.325 e. The van der Waals surface area contributed by atoms with E-state index in [4.69, 9.17) is 5.73 Å². The molecule has 0 aromatic rings. The Balaban J connectivity index is 2.43. The number of hydrogen-bond donors (Lipinski definition) is 1. The normalized spacial score (nSPS) is 26.5. The molecule has 1 aliphatic carbocycles. The van der Waals surface area contributed by atoms with Crippen LogP contribution < -0.4 is 5.73 Å². The monoisotopic (exact) mass is 155 g/mol. The van der Waals surface area contributed by atoms with Gasteiger partial charge in [-0.25, -0.2) is 0 Å². The van der Waals surface area contributed by atoms with Crippen molar-refractivity contribution in [2.75, 3.05) is 0 Å². The fourth-order valence-electron chi connectivity index (χ4n) is 2.05. The molecule has 0 heterocycles. The van der Waals surface area contributed by atoms with E-state index in [0.29, 0.717) is 0 Å². The highest BCUT2D eigenvalue weighted by Gasteiger charge is 2.28. The highest BCUT2D eigenvalue weighted by atomic mass is 14.7. The van der Waals surface area contributed by atoms with E-state index in [-0.39, 0.29) is 5.54 Å². The van der Waals surface area contributed by atoms with Crippen LogP contribution in [0.3, 0.4) is 0 Å². The number of nitrogens with two attached hydrogens (primary N) is 1. The maximum absolute atomic E-state index is 6.19. The van der Waals surface area contributed by atoms with E-state index >= 15 is 0 Å². The van der Waals surface area contributed by atoms with Crippen molar-refractivity contribution in [3.05, 3.63) is 0 Å². The van der Waals surface area contributed by atoms with Crippen LogP contribution in [0, 0.1) is 5.92 Å². The van der Waals surface area contributed by atoms with Gasteiger partial charge in [-0.1, -0.05) is 26.2 Å². The third-order valence-corrected chi connectivity index (χ3v) is 3.30. The van der Waals surface area contributed by atoms with Crippen molar-refractivity contribution in [3.63, 3.8) is 0 Å². The smallest absolute Gasteiger partial charge is 0.0151 e. The Morgan fingerprint density at radius 2 is 1.82 bits per heavy atom. The lowest BCUT2D eigenvalue weighted by molar-refractivity contribution is 0.216. The van der Waals surface area contributed by atoms with Crippen LogP contribution in [0.1, 0.15) is 52.4 Å². The van der Waals surface area contributed by atoms with Crippen LogP contribution in [-0.4, -0.2) is 5.54 Å². The zero-order chi connectivity index (χ0) is 8.32. The van der Waals surface area contributed by atoms with Crippen molar-refractivity contribution in [2.45, 2.75) is 57.9 Å². The van der Waals surface area contributed by atoms with Crippen LogP contribution in [0.2, 0.25) is 0 Å². The van der Waals surface area contributed by atoms with Gasteiger partial charge in [0.2, 0.25) is 0 Å². The maximum Gasteiger partial charge on any atom is 0.0151 e. The van der Waals surface area contributed by atoms with Crippen LogP contribution in [0.4, 0.5) is 0 Å². The summed E-state index contributed by atoms with van der Waals surface area (Å²) in [5.74, 6) is 0.793. The van der Waals surface area contributed by atoms with Crippen LogP contribution in [0.15, 0.2) is 0 Å². The largest absolute Gasteiger partial charge is 0.325 e. The van der Waals surface area contributed by atoms with E-state index in [1.807, 2.05) is 0 Å². The van der Waals surface area contributed by atoms with E-state index in [0.717, 1.165) is 12.3 Å². The molecule has 0 aromatic carbocycles. The Morgan fingerprint density at radius 3 is 2.27 bits per heavy atom. The highest BCUT2D eigenvalue weighted by molar-refractivity contribution is 4.87. The van der Waals surface area contributed by atoms with Gasteiger partial charge in [0.05, 0.1) is 0 Å². The average molecular weight is 155 g/mol. The molecule has 1 nitrogen and oxygen atoms in total. The zero-order valence-electron chi connectivity index (χ0n) is 7.90. The lowest BCUT2D eigenvalue weighted by Crippen LogP contribution is -2.44. The maximum atomic E-state index is 6.19. The van der Waals surface area contributed by atoms with Gasteiger partial charge in [0.1, 0.15) is 0 Å². The van der Waals surface area contributed by atoms with Crippen LogP contribution in [0.5, 0.6) is 0 Å². The standard InChI is InChI=1S/C10H21N/c1-3-10(2,11)9-7-5-4-6-8-9/h9H,3-8,11H2,1-2H3. The van der Waals surface area contributed by atoms with Gasteiger partial charge < -0.3 is 5.73 Å². The van der Waals surface area contributed by atoms with Crippen LogP contribution >= 0.6 is 0 Å². The second kappa shape index (κ2) is 3.57. The van der Waals surface area contributed by atoms with Crippen molar-refractivity contribution in [2.24, 2.45) is 11.7 Å². The Hall–Kier alpha value is -0.0400. The fourth-order valence-corrected chi connectivity index (χ4v) is 2.05. The Labute approximate surface area is 70.4 Å². The van der Waals surface area contributed by atoms with E-state index in [9.17, 15) is 0 Å². The average Bonchev–Trinajstić information content (AvgIpc) is 2.06. The number of hydrogen-bond acceptors (Lipinski definition) is 1. The van der Waals surface area contributed by atoms with Crippen LogP contribution in [0.25, 0.3) is 0 Å². The molecule has 0 saturated heterocycles. The summed E-state index contributed by atoms with van der Waals surface area (Å²) >= 11 is 0.